The second kappa shape index (κ2) is 5.41. The molecular weight excluding hydrogens is 280 g/mol. The molecule has 0 atom stereocenters. The Morgan fingerprint density at radius 1 is 1.00 bits per heavy atom. The Hall–Kier alpha value is -1.61. The van der Waals surface area contributed by atoms with E-state index in [9.17, 15) is 8.78 Å². The number of benzene rings is 2. The number of hydrogen-bond acceptors (Lipinski definition) is 1. The zero-order valence-corrected chi connectivity index (χ0v) is 11.5. The standard InChI is InChI=1S/C16H14ClF2N/c17-14-6-5-11(9-16(14)19)20-12-7-10(8-12)13-3-1-2-4-15(13)18/h1-6,9-10,12,20H,7-8H2. The molecule has 4 heteroatoms. The first-order valence-electron chi connectivity index (χ1n) is 6.59. The summed E-state index contributed by atoms with van der Waals surface area (Å²) in [4.78, 5) is 0. The minimum atomic E-state index is -0.429. The molecule has 1 fully saturated rings. The Bertz CT molecular complexity index is 624. The maximum Gasteiger partial charge on any atom is 0.143 e. The predicted octanol–water partition coefficient (Wildman–Crippen LogP) is 4.98. The molecule has 0 spiro atoms. The largest absolute Gasteiger partial charge is 0.382 e. The summed E-state index contributed by atoms with van der Waals surface area (Å²) >= 11 is 5.64. The number of anilines is 1. The van der Waals surface area contributed by atoms with Crippen molar-refractivity contribution in [1.29, 1.82) is 0 Å². The molecule has 1 N–H and O–H groups in total. The number of rotatable bonds is 3. The molecule has 2 aromatic carbocycles. The first-order valence-corrected chi connectivity index (χ1v) is 6.97. The molecule has 1 aliphatic rings. The average molecular weight is 294 g/mol. The lowest BCUT2D eigenvalue weighted by Crippen LogP contribution is -2.34. The maximum absolute atomic E-state index is 13.6. The van der Waals surface area contributed by atoms with Crippen LogP contribution in [0.25, 0.3) is 0 Å². The second-order valence-electron chi connectivity index (χ2n) is 5.16. The molecule has 3 rings (SSSR count). The summed E-state index contributed by atoms with van der Waals surface area (Å²) in [5, 5.41) is 3.36. The minimum Gasteiger partial charge on any atom is -0.382 e. The van der Waals surface area contributed by atoms with Crippen LogP contribution in [-0.4, -0.2) is 6.04 Å². The zero-order chi connectivity index (χ0) is 14.1. The summed E-state index contributed by atoms with van der Waals surface area (Å²) in [5.41, 5.74) is 1.48. The van der Waals surface area contributed by atoms with Crippen molar-refractivity contribution >= 4 is 17.3 Å². The molecule has 1 nitrogen and oxygen atoms in total. The molecule has 0 saturated heterocycles. The maximum atomic E-state index is 13.6. The van der Waals surface area contributed by atoms with Crippen molar-refractivity contribution in [2.24, 2.45) is 0 Å². The van der Waals surface area contributed by atoms with E-state index in [1.165, 1.54) is 18.2 Å². The van der Waals surface area contributed by atoms with Crippen LogP contribution in [-0.2, 0) is 0 Å². The molecule has 0 aromatic heterocycles. The van der Waals surface area contributed by atoms with Gasteiger partial charge in [0.2, 0.25) is 0 Å². The van der Waals surface area contributed by atoms with E-state index in [4.69, 9.17) is 11.6 Å². The van der Waals surface area contributed by atoms with E-state index >= 15 is 0 Å². The summed E-state index contributed by atoms with van der Waals surface area (Å²) in [7, 11) is 0. The van der Waals surface area contributed by atoms with Crippen molar-refractivity contribution in [3.05, 3.63) is 64.7 Å². The summed E-state index contributed by atoms with van der Waals surface area (Å²) in [6.07, 6.45) is 1.70. The fourth-order valence-electron chi connectivity index (χ4n) is 2.62. The van der Waals surface area contributed by atoms with Gasteiger partial charge >= 0.3 is 0 Å². The second-order valence-corrected chi connectivity index (χ2v) is 5.57. The fraction of sp³-hybridized carbons (Fsp3) is 0.250. The van der Waals surface area contributed by atoms with Gasteiger partial charge < -0.3 is 5.32 Å². The van der Waals surface area contributed by atoms with Gasteiger partial charge in [0.05, 0.1) is 5.02 Å². The van der Waals surface area contributed by atoms with Crippen LogP contribution in [0.15, 0.2) is 42.5 Å². The van der Waals surface area contributed by atoms with Gasteiger partial charge in [0, 0.05) is 11.7 Å². The summed E-state index contributed by atoms with van der Waals surface area (Å²) in [6, 6.07) is 11.8. The first kappa shape index (κ1) is 13.4. The summed E-state index contributed by atoms with van der Waals surface area (Å²) in [6.45, 7) is 0. The van der Waals surface area contributed by atoms with Crippen molar-refractivity contribution in [3.8, 4) is 0 Å². The van der Waals surface area contributed by atoms with Gasteiger partial charge in [0.15, 0.2) is 0 Å². The van der Waals surface area contributed by atoms with Crippen LogP contribution >= 0.6 is 11.6 Å². The number of hydrogen-bond donors (Lipinski definition) is 1. The Labute approximate surface area is 121 Å². The van der Waals surface area contributed by atoms with E-state index in [2.05, 4.69) is 5.32 Å². The lowest BCUT2D eigenvalue weighted by molar-refractivity contribution is 0.363. The number of nitrogens with one attached hydrogen (secondary N) is 1. The number of halogens is 3. The molecule has 2 aromatic rings. The van der Waals surface area contributed by atoms with Crippen LogP contribution < -0.4 is 5.32 Å². The molecule has 104 valence electrons. The minimum absolute atomic E-state index is 0.119. The highest BCUT2D eigenvalue weighted by molar-refractivity contribution is 6.30. The van der Waals surface area contributed by atoms with E-state index in [1.54, 1.807) is 12.1 Å². The lowest BCUT2D eigenvalue weighted by Gasteiger charge is -2.37. The Balaban J connectivity index is 1.61. The Morgan fingerprint density at radius 3 is 2.45 bits per heavy atom. The monoisotopic (exact) mass is 293 g/mol. The summed E-state index contributed by atoms with van der Waals surface area (Å²) in [5.74, 6) is -0.332. The molecule has 0 unspecified atom stereocenters. The van der Waals surface area contributed by atoms with Gasteiger partial charge in [-0.2, -0.15) is 0 Å². The van der Waals surface area contributed by atoms with Gasteiger partial charge in [0.25, 0.3) is 0 Å². The van der Waals surface area contributed by atoms with Gasteiger partial charge in [-0.1, -0.05) is 29.8 Å². The molecule has 0 heterocycles. The van der Waals surface area contributed by atoms with Crippen LogP contribution in [0.1, 0.15) is 24.3 Å². The predicted molar refractivity (Wildman–Crippen MR) is 77.2 cm³/mol. The Kier molecular flexibility index (Phi) is 3.62. The van der Waals surface area contributed by atoms with Crippen molar-refractivity contribution in [1.82, 2.24) is 0 Å². The van der Waals surface area contributed by atoms with E-state index in [0.717, 1.165) is 18.4 Å². The van der Waals surface area contributed by atoms with Crippen molar-refractivity contribution in [2.75, 3.05) is 5.32 Å². The smallest absolute Gasteiger partial charge is 0.143 e. The third-order valence-electron chi connectivity index (χ3n) is 3.77. The van der Waals surface area contributed by atoms with Crippen LogP contribution in [0.4, 0.5) is 14.5 Å². The molecular formula is C16H14ClF2N. The zero-order valence-electron chi connectivity index (χ0n) is 10.7. The van der Waals surface area contributed by atoms with Crippen LogP contribution in [0.2, 0.25) is 5.02 Å². The van der Waals surface area contributed by atoms with Gasteiger partial charge in [-0.05, 0) is 48.6 Å². The van der Waals surface area contributed by atoms with Crippen LogP contribution in [0.5, 0.6) is 0 Å². The topological polar surface area (TPSA) is 12.0 Å². The van der Waals surface area contributed by atoms with E-state index in [-0.39, 0.29) is 22.8 Å². The normalized spacial score (nSPS) is 21.4. The summed E-state index contributed by atoms with van der Waals surface area (Å²) < 4.78 is 27.0. The molecule has 0 aliphatic heterocycles. The van der Waals surface area contributed by atoms with Crippen LogP contribution in [0.3, 0.4) is 0 Å². The van der Waals surface area contributed by atoms with E-state index < -0.39 is 5.82 Å². The van der Waals surface area contributed by atoms with Gasteiger partial charge in [-0.15, -0.1) is 0 Å². The highest BCUT2D eigenvalue weighted by Gasteiger charge is 2.31. The lowest BCUT2D eigenvalue weighted by atomic mass is 9.75. The molecule has 0 amide bonds. The average Bonchev–Trinajstić information content (AvgIpc) is 2.39. The highest BCUT2D eigenvalue weighted by Crippen LogP contribution is 2.39. The third kappa shape index (κ3) is 2.63. The molecule has 0 radical (unpaired) electrons. The highest BCUT2D eigenvalue weighted by atomic mass is 35.5. The van der Waals surface area contributed by atoms with Crippen molar-refractivity contribution < 1.29 is 8.78 Å². The SMILES string of the molecule is Fc1cc(NC2CC(c3ccccc3F)C2)ccc1Cl. The van der Waals surface area contributed by atoms with E-state index in [0.29, 0.717) is 5.69 Å². The van der Waals surface area contributed by atoms with E-state index in [1.807, 2.05) is 12.1 Å². The molecule has 1 aliphatic carbocycles. The quantitative estimate of drug-likeness (QED) is 0.842. The molecule has 0 bridgehead atoms. The molecule has 1 saturated carbocycles. The molecule has 20 heavy (non-hydrogen) atoms. The van der Waals surface area contributed by atoms with Crippen molar-refractivity contribution in [2.45, 2.75) is 24.8 Å². The van der Waals surface area contributed by atoms with Gasteiger partial charge in [-0.3, -0.25) is 0 Å². The van der Waals surface area contributed by atoms with Crippen molar-refractivity contribution in [3.63, 3.8) is 0 Å². The first-order chi connectivity index (χ1) is 9.63. The van der Waals surface area contributed by atoms with Gasteiger partial charge in [0.1, 0.15) is 11.6 Å². The fourth-order valence-corrected chi connectivity index (χ4v) is 2.73. The van der Waals surface area contributed by atoms with Crippen LogP contribution in [0, 0.1) is 11.6 Å². The Morgan fingerprint density at radius 2 is 1.75 bits per heavy atom. The van der Waals surface area contributed by atoms with Gasteiger partial charge in [-0.25, -0.2) is 8.78 Å². The third-order valence-corrected chi connectivity index (χ3v) is 4.08.